The van der Waals surface area contributed by atoms with Crippen molar-refractivity contribution < 1.29 is 9.47 Å². The number of rotatable bonds is 5. The first-order valence-corrected chi connectivity index (χ1v) is 7.43. The van der Waals surface area contributed by atoms with Crippen LogP contribution in [-0.2, 0) is 9.47 Å². The van der Waals surface area contributed by atoms with Crippen molar-refractivity contribution in [3.63, 3.8) is 0 Å². The predicted molar refractivity (Wildman–Crippen MR) is 83.4 cm³/mol. The summed E-state index contributed by atoms with van der Waals surface area (Å²) in [6.07, 6.45) is 0. The van der Waals surface area contributed by atoms with Crippen molar-refractivity contribution in [2.75, 3.05) is 36.5 Å². The lowest BCUT2D eigenvalue weighted by molar-refractivity contribution is -0.247. The Morgan fingerprint density at radius 3 is 2.15 bits per heavy atom. The van der Waals surface area contributed by atoms with Crippen molar-refractivity contribution >= 4 is 11.4 Å². The summed E-state index contributed by atoms with van der Waals surface area (Å²) in [5.74, 6) is -0.454. The zero-order valence-electron chi connectivity index (χ0n) is 13.0. The first kappa shape index (κ1) is 15.1. The van der Waals surface area contributed by atoms with E-state index in [1.54, 1.807) is 0 Å². The lowest BCUT2D eigenvalue weighted by Gasteiger charge is -2.35. The van der Waals surface area contributed by atoms with Gasteiger partial charge in [-0.1, -0.05) is 0 Å². The van der Waals surface area contributed by atoms with Crippen molar-refractivity contribution in [3.8, 4) is 0 Å². The Bertz CT molecular complexity index is 403. The molecular formula is C16H26N2O2. The van der Waals surface area contributed by atoms with Gasteiger partial charge in [0.05, 0.1) is 19.3 Å². The minimum atomic E-state index is -0.454. The summed E-state index contributed by atoms with van der Waals surface area (Å²) in [4.78, 5) is 2.33. The van der Waals surface area contributed by atoms with Gasteiger partial charge in [0.15, 0.2) is 5.79 Å². The molecule has 1 N–H and O–H groups in total. The molecule has 1 aliphatic rings. The van der Waals surface area contributed by atoms with Crippen molar-refractivity contribution in [2.24, 2.45) is 0 Å². The van der Waals surface area contributed by atoms with Crippen molar-refractivity contribution in [1.29, 1.82) is 0 Å². The molecule has 20 heavy (non-hydrogen) atoms. The van der Waals surface area contributed by atoms with Crippen LogP contribution in [0.1, 0.15) is 27.7 Å². The van der Waals surface area contributed by atoms with Gasteiger partial charge in [-0.25, -0.2) is 0 Å². The van der Waals surface area contributed by atoms with Gasteiger partial charge < -0.3 is 19.7 Å². The minimum Gasteiger partial charge on any atom is -0.378 e. The third-order valence-electron chi connectivity index (χ3n) is 3.63. The van der Waals surface area contributed by atoms with Gasteiger partial charge in [-0.15, -0.1) is 0 Å². The van der Waals surface area contributed by atoms with Crippen LogP contribution in [0.3, 0.4) is 0 Å². The molecule has 0 spiro atoms. The van der Waals surface area contributed by atoms with E-state index in [0.717, 1.165) is 18.8 Å². The molecule has 2 rings (SSSR count). The fraction of sp³-hybridized carbons (Fsp3) is 0.625. The lowest BCUT2D eigenvalue weighted by atomic mass is 10.2. The highest BCUT2D eigenvalue weighted by Gasteiger charge is 2.28. The van der Waals surface area contributed by atoms with E-state index in [2.05, 4.69) is 48.3 Å². The first-order valence-electron chi connectivity index (χ1n) is 7.43. The van der Waals surface area contributed by atoms with Crippen LogP contribution in [0.25, 0.3) is 0 Å². The Labute approximate surface area is 122 Å². The number of benzene rings is 1. The van der Waals surface area contributed by atoms with E-state index in [1.807, 2.05) is 13.8 Å². The van der Waals surface area contributed by atoms with Crippen LogP contribution in [-0.4, -0.2) is 38.1 Å². The average Bonchev–Trinajstić information content (AvgIpc) is 2.44. The summed E-state index contributed by atoms with van der Waals surface area (Å²) in [5, 5.41) is 3.45. The molecule has 0 aliphatic carbocycles. The Balaban J connectivity index is 1.91. The largest absolute Gasteiger partial charge is 0.378 e. The molecule has 4 heteroatoms. The lowest BCUT2D eigenvalue weighted by Crippen LogP contribution is -2.45. The van der Waals surface area contributed by atoms with Crippen molar-refractivity contribution in [3.05, 3.63) is 24.3 Å². The molecule has 1 aromatic carbocycles. The van der Waals surface area contributed by atoms with E-state index < -0.39 is 5.79 Å². The topological polar surface area (TPSA) is 33.7 Å². The van der Waals surface area contributed by atoms with E-state index in [-0.39, 0.29) is 6.04 Å². The van der Waals surface area contributed by atoms with Gasteiger partial charge in [0, 0.05) is 24.5 Å². The second-order valence-electron chi connectivity index (χ2n) is 5.58. The van der Waals surface area contributed by atoms with Crippen molar-refractivity contribution in [2.45, 2.75) is 39.5 Å². The quantitative estimate of drug-likeness (QED) is 0.897. The predicted octanol–water partition coefficient (Wildman–Crippen LogP) is 3.10. The number of ether oxygens (including phenoxy) is 2. The van der Waals surface area contributed by atoms with Gasteiger partial charge in [-0.05, 0) is 52.0 Å². The molecule has 4 nitrogen and oxygen atoms in total. The summed E-state index contributed by atoms with van der Waals surface area (Å²) in [6.45, 7) is 11.6. The molecule has 0 radical (unpaired) electrons. The first-order chi connectivity index (χ1) is 9.54. The van der Waals surface area contributed by atoms with Crippen LogP contribution in [0, 0.1) is 0 Å². The number of hydrogen-bond donors (Lipinski definition) is 1. The molecule has 112 valence electrons. The maximum Gasteiger partial charge on any atom is 0.162 e. The third kappa shape index (κ3) is 3.87. The molecular weight excluding hydrogens is 252 g/mol. The number of nitrogens with one attached hydrogen (secondary N) is 1. The third-order valence-corrected chi connectivity index (χ3v) is 3.63. The zero-order chi connectivity index (χ0) is 14.6. The molecule has 1 aromatic rings. The molecule has 0 bridgehead atoms. The number of hydrogen-bond acceptors (Lipinski definition) is 4. The van der Waals surface area contributed by atoms with Crippen LogP contribution in [0.4, 0.5) is 11.4 Å². The van der Waals surface area contributed by atoms with Crippen LogP contribution in [0.2, 0.25) is 0 Å². The van der Waals surface area contributed by atoms with Crippen LogP contribution in [0.15, 0.2) is 24.3 Å². The molecule has 0 saturated carbocycles. The summed E-state index contributed by atoms with van der Waals surface area (Å²) in [7, 11) is 0. The highest BCUT2D eigenvalue weighted by Crippen LogP contribution is 2.21. The Morgan fingerprint density at radius 1 is 1.10 bits per heavy atom. The normalized spacial score (nSPS) is 18.8. The maximum atomic E-state index is 5.65. The Hall–Kier alpha value is -1.26. The van der Waals surface area contributed by atoms with Gasteiger partial charge in [0.25, 0.3) is 0 Å². The summed E-state index contributed by atoms with van der Waals surface area (Å²) in [6, 6.07) is 8.76. The minimum absolute atomic E-state index is 0.210. The van der Waals surface area contributed by atoms with Gasteiger partial charge in [-0.2, -0.15) is 0 Å². The number of nitrogens with zero attached hydrogens (tertiary/aromatic N) is 1. The van der Waals surface area contributed by atoms with Crippen LogP contribution in [0.5, 0.6) is 0 Å². The van der Waals surface area contributed by atoms with E-state index in [4.69, 9.17) is 9.47 Å². The molecule has 1 heterocycles. The maximum absolute atomic E-state index is 5.65. The molecule has 1 fully saturated rings. The average molecular weight is 278 g/mol. The fourth-order valence-corrected chi connectivity index (χ4v) is 2.37. The molecule has 0 unspecified atom stereocenters. The highest BCUT2D eigenvalue weighted by molar-refractivity contribution is 5.55. The Morgan fingerprint density at radius 2 is 1.65 bits per heavy atom. The second kappa shape index (κ2) is 6.46. The zero-order valence-corrected chi connectivity index (χ0v) is 13.0. The second-order valence-corrected chi connectivity index (χ2v) is 5.58. The summed E-state index contributed by atoms with van der Waals surface area (Å²) < 4.78 is 11.3. The van der Waals surface area contributed by atoms with E-state index in [0.29, 0.717) is 13.2 Å². The van der Waals surface area contributed by atoms with E-state index >= 15 is 0 Å². The van der Waals surface area contributed by atoms with E-state index in [9.17, 15) is 0 Å². The number of anilines is 2. The smallest absolute Gasteiger partial charge is 0.162 e. The molecule has 0 atom stereocenters. The summed E-state index contributed by atoms with van der Waals surface area (Å²) in [5.41, 5.74) is 2.37. The van der Waals surface area contributed by atoms with Crippen molar-refractivity contribution in [1.82, 2.24) is 0 Å². The molecule has 1 aliphatic heterocycles. The van der Waals surface area contributed by atoms with Gasteiger partial charge in [0.1, 0.15) is 0 Å². The molecule has 0 amide bonds. The van der Waals surface area contributed by atoms with Crippen LogP contribution < -0.4 is 10.2 Å². The van der Waals surface area contributed by atoms with Gasteiger partial charge in [-0.3, -0.25) is 0 Å². The van der Waals surface area contributed by atoms with Gasteiger partial charge >= 0.3 is 0 Å². The standard InChI is InChI=1S/C16H26N2O2/c1-5-18(6-2)15-9-7-13(8-10-15)17-14-11-19-16(3,4)20-12-14/h7-10,14,17H,5-6,11-12H2,1-4H3. The molecule has 0 aromatic heterocycles. The fourth-order valence-electron chi connectivity index (χ4n) is 2.37. The van der Waals surface area contributed by atoms with Gasteiger partial charge in [0.2, 0.25) is 0 Å². The highest BCUT2D eigenvalue weighted by atomic mass is 16.7. The molecule has 1 saturated heterocycles. The van der Waals surface area contributed by atoms with E-state index in [1.165, 1.54) is 5.69 Å². The summed E-state index contributed by atoms with van der Waals surface area (Å²) >= 11 is 0. The Kier molecular flexibility index (Phi) is 4.89. The SMILES string of the molecule is CCN(CC)c1ccc(NC2COC(C)(C)OC2)cc1. The monoisotopic (exact) mass is 278 g/mol. The van der Waals surface area contributed by atoms with Crippen LogP contribution >= 0.6 is 0 Å².